The molecule has 0 bridgehead atoms. The summed E-state index contributed by atoms with van der Waals surface area (Å²) < 4.78 is 5.85. The van der Waals surface area contributed by atoms with Crippen molar-refractivity contribution in [3.63, 3.8) is 0 Å². The minimum absolute atomic E-state index is 0.291. The number of benzene rings is 1. The summed E-state index contributed by atoms with van der Waals surface area (Å²) in [6, 6.07) is 4.49. The van der Waals surface area contributed by atoms with Gasteiger partial charge in [0.05, 0.1) is 12.2 Å². The van der Waals surface area contributed by atoms with E-state index in [1.54, 1.807) is 0 Å². The minimum Gasteiger partial charge on any atom is -0.385 e. The first kappa shape index (κ1) is 18.1. The molecule has 2 rings (SSSR count). The summed E-state index contributed by atoms with van der Waals surface area (Å²) in [5.74, 6) is 0. The van der Waals surface area contributed by atoms with Crippen molar-refractivity contribution in [3.8, 4) is 0 Å². The number of hydrogen-bond donors (Lipinski definition) is 2. The fourth-order valence-corrected chi connectivity index (χ4v) is 3.38. The number of morpholine rings is 1. The van der Waals surface area contributed by atoms with Crippen LogP contribution in [0.25, 0.3) is 0 Å². The van der Waals surface area contributed by atoms with Crippen LogP contribution in [0, 0.1) is 13.8 Å². The monoisotopic (exact) mass is 319 g/mol. The van der Waals surface area contributed by atoms with E-state index >= 15 is 0 Å². The topological polar surface area (TPSA) is 50.5 Å². The van der Waals surface area contributed by atoms with Gasteiger partial charge in [-0.05, 0) is 70.3 Å². The third-order valence-electron chi connectivity index (χ3n) is 4.72. The van der Waals surface area contributed by atoms with Crippen molar-refractivity contribution in [2.75, 3.05) is 36.4 Å². The van der Waals surface area contributed by atoms with E-state index in [9.17, 15) is 0 Å². The molecule has 3 N–H and O–H groups in total. The standard InChI is InChI=1S/C19H33N3O/c1-14-12-22(13-15(2)23-14)19-9-8-18(16(3)17(19)4)21-11-7-5-6-10-20/h8-9,14-15,21H,5-7,10-13,20H2,1-4H3/t14-,15?/m0/s1. The Balaban J connectivity index is 2.02. The van der Waals surface area contributed by atoms with E-state index in [2.05, 4.69) is 50.0 Å². The van der Waals surface area contributed by atoms with E-state index in [0.717, 1.165) is 32.6 Å². The summed E-state index contributed by atoms with van der Waals surface area (Å²) in [4.78, 5) is 2.46. The third kappa shape index (κ3) is 4.85. The molecule has 0 spiro atoms. The van der Waals surface area contributed by atoms with Crippen LogP contribution in [0.2, 0.25) is 0 Å². The Hall–Kier alpha value is -1.26. The molecule has 130 valence electrons. The van der Waals surface area contributed by atoms with E-state index in [4.69, 9.17) is 10.5 Å². The molecule has 0 aromatic heterocycles. The number of unbranched alkanes of at least 4 members (excludes halogenated alkanes) is 2. The first-order valence-corrected chi connectivity index (χ1v) is 8.97. The van der Waals surface area contributed by atoms with Crippen LogP contribution in [0.4, 0.5) is 11.4 Å². The van der Waals surface area contributed by atoms with E-state index in [0.29, 0.717) is 12.2 Å². The molecule has 23 heavy (non-hydrogen) atoms. The number of rotatable bonds is 7. The van der Waals surface area contributed by atoms with Crippen molar-refractivity contribution in [1.82, 2.24) is 0 Å². The van der Waals surface area contributed by atoms with Gasteiger partial charge in [0, 0.05) is 31.0 Å². The van der Waals surface area contributed by atoms with E-state index in [1.807, 2.05) is 0 Å². The number of hydrogen-bond acceptors (Lipinski definition) is 4. The van der Waals surface area contributed by atoms with Crippen LogP contribution in [0.5, 0.6) is 0 Å². The lowest BCUT2D eigenvalue weighted by atomic mass is 10.0. The van der Waals surface area contributed by atoms with E-state index < -0.39 is 0 Å². The molecule has 1 saturated heterocycles. The van der Waals surface area contributed by atoms with Crippen LogP contribution in [-0.4, -0.2) is 38.4 Å². The summed E-state index contributed by atoms with van der Waals surface area (Å²) in [6.45, 7) is 12.5. The molecule has 1 aromatic rings. The van der Waals surface area contributed by atoms with E-state index in [-0.39, 0.29) is 0 Å². The first-order chi connectivity index (χ1) is 11.0. The first-order valence-electron chi connectivity index (χ1n) is 8.97. The molecule has 4 heteroatoms. The molecule has 1 unspecified atom stereocenters. The predicted molar refractivity (Wildman–Crippen MR) is 99.5 cm³/mol. The van der Waals surface area contributed by atoms with Crippen LogP contribution < -0.4 is 16.0 Å². The molecule has 0 radical (unpaired) electrons. The van der Waals surface area contributed by atoms with Gasteiger partial charge in [-0.1, -0.05) is 6.42 Å². The van der Waals surface area contributed by atoms with Gasteiger partial charge in [-0.15, -0.1) is 0 Å². The summed E-state index contributed by atoms with van der Waals surface area (Å²) in [5, 5.41) is 3.58. The van der Waals surface area contributed by atoms with E-state index in [1.165, 1.54) is 35.3 Å². The van der Waals surface area contributed by atoms with Gasteiger partial charge in [0.25, 0.3) is 0 Å². The van der Waals surface area contributed by atoms with Gasteiger partial charge in [-0.25, -0.2) is 0 Å². The van der Waals surface area contributed by atoms with Crippen molar-refractivity contribution in [2.24, 2.45) is 5.73 Å². The molecule has 1 fully saturated rings. The van der Waals surface area contributed by atoms with Gasteiger partial charge < -0.3 is 20.7 Å². The Bertz CT molecular complexity index is 494. The Kier molecular flexibility index (Phi) is 6.72. The molecule has 1 aliphatic rings. The van der Waals surface area contributed by atoms with Crippen molar-refractivity contribution in [3.05, 3.63) is 23.3 Å². The van der Waals surface area contributed by atoms with Gasteiger partial charge in [0.15, 0.2) is 0 Å². The van der Waals surface area contributed by atoms with Crippen molar-refractivity contribution < 1.29 is 4.74 Å². The molecule has 1 heterocycles. The summed E-state index contributed by atoms with van der Waals surface area (Å²) in [7, 11) is 0. The van der Waals surface area contributed by atoms with Gasteiger partial charge in [0.2, 0.25) is 0 Å². The number of ether oxygens (including phenoxy) is 1. The van der Waals surface area contributed by atoms with Crippen LogP contribution in [0.1, 0.15) is 44.2 Å². The second-order valence-corrected chi connectivity index (χ2v) is 6.82. The highest BCUT2D eigenvalue weighted by molar-refractivity contribution is 5.66. The fourth-order valence-electron chi connectivity index (χ4n) is 3.38. The lowest BCUT2D eigenvalue weighted by Gasteiger charge is -2.38. The summed E-state index contributed by atoms with van der Waals surface area (Å²) >= 11 is 0. The molecule has 2 atom stereocenters. The summed E-state index contributed by atoms with van der Waals surface area (Å²) in [6.07, 6.45) is 4.07. The van der Waals surface area contributed by atoms with Gasteiger partial charge in [0.1, 0.15) is 0 Å². The molecule has 4 nitrogen and oxygen atoms in total. The smallest absolute Gasteiger partial charge is 0.0726 e. The van der Waals surface area contributed by atoms with Gasteiger partial charge in [-0.2, -0.15) is 0 Å². The maximum atomic E-state index is 5.85. The highest BCUT2D eigenvalue weighted by Crippen LogP contribution is 2.30. The minimum atomic E-state index is 0.291. The van der Waals surface area contributed by atoms with Crippen molar-refractivity contribution >= 4 is 11.4 Å². The number of nitrogens with zero attached hydrogens (tertiary/aromatic N) is 1. The Morgan fingerprint density at radius 2 is 1.78 bits per heavy atom. The molecule has 0 aliphatic carbocycles. The fraction of sp³-hybridized carbons (Fsp3) is 0.684. The largest absolute Gasteiger partial charge is 0.385 e. The Labute approximate surface area is 141 Å². The zero-order chi connectivity index (χ0) is 16.8. The average Bonchev–Trinajstić information content (AvgIpc) is 2.50. The van der Waals surface area contributed by atoms with Crippen molar-refractivity contribution in [1.29, 1.82) is 0 Å². The number of anilines is 2. The Morgan fingerprint density at radius 3 is 2.43 bits per heavy atom. The van der Waals surface area contributed by atoms with Crippen molar-refractivity contribution in [2.45, 2.75) is 59.2 Å². The molecule has 0 amide bonds. The third-order valence-corrected chi connectivity index (χ3v) is 4.72. The van der Waals surface area contributed by atoms with Crippen LogP contribution in [0.15, 0.2) is 12.1 Å². The maximum absolute atomic E-state index is 5.85. The summed E-state index contributed by atoms with van der Waals surface area (Å²) in [5.41, 5.74) is 10.9. The maximum Gasteiger partial charge on any atom is 0.0726 e. The normalized spacial score (nSPS) is 21.5. The highest BCUT2D eigenvalue weighted by atomic mass is 16.5. The van der Waals surface area contributed by atoms with Gasteiger partial charge in [-0.3, -0.25) is 0 Å². The number of nitrogens with two attached hydrogens (primary N) is 1. The number of nitrogens with one attached hydrogen (secondary N) is 1. The highest BCUT2D eigenvalue weighted by Gasteiger charge is 2.23. The van der Waals surface area contributed by atoms with Crippen LogP contribution in [-0.2, 0) is 4.74 Å². The SMILES string of the molecule is Cc1c(NCCCCCN)ccc(N2CC(C)O[C@@H](C)C2)c1C. The average molecular weight is 319 g/mol. The zero-order valence-electron chi connectivity index (χ0n) is 15.2. The predicted octanol–water partition coefficient (Wildman–Crippen LogP) is 3.46. The zero-order valence-corrected chi connectivity index (χ0v) is 15.2. The molecule has 1 aliphatic heterocycles. The lowest BCUT2D eigenvalue weighted by Crippen LogP contribution is -2.45. The molecule has 0 saturated carbocycles. The van der Waals surface area contributed by atoms with Gasteiger partial charge >= 0.3 is 0 Å². The van der Waals surface area contributed by atoms with Crippen LogP contribution >= 0.6 is 0 Å². The molecule has 1 aromatic carbocycles. The molecular weight excluding hydrogens is 286 g/mol. The second-order valence-electron chi connectivity index (χ2n) is 6.82. The Morgan fingerprint density at radius 1 is 1.09 bits per heavy atom. The van der Waals surface area contributed by atoms with Crippen LogP contribution in [0.3, 0.4) is 0 Å². The second kappa shape index (κ2) is 8.55. The quantitative estimate of drug-likeness (QED) is 0.756. The molecular formula is C19H33N3O. The lowest BCUT2D eigenvalue weighted by molar-refractivity contribution is -0.00524.